The number of hydrogen-bond donors (Lipinski definition) is 0. The Hall–Kier alpha value is -1.81. The smallest absolute Gasteiger partial charge is 0.180 e. The molecule has 2 aromatic carbocycles. The van der Waals surface area contributed by atoms with E-state index in [-0.39, 0.29) is 5.78 Å². The summed E-state index contributed by atoms with van der Waals surface area (Å²) in [6.07, 6.45) is 3.57. The zero-order chi connectivity index (χ0) is 18.1. The van der Waals surface area contributed by atoms with Crippen molar-refractivity contribution in [1.82, 2.24) is 9.47 Å². The highest BCUT2D eigenvalue weighted by Crippen LogP contribution is 2.34. The summed E-state index contributed by atoms with van der Waals surface area (Å²) in [5, 5.41) is 2.03. The molecule has 0 aliphatic carbocycles. The van der Waals surface area contributed by atoms with Crippen LogP contribution in [0.4, 0.5) is 0 Å². The summed E-state index contributed by atoms with van der Waals surface area (Å²) in [4.78, 5) is 15.3. The molecule has 0 spiro atoms. The van der Waals surface area contributed by atoms with Crippen molar-refractivity contribution in [2.75, 3.05) is 19.6 Å². The Labute approximate surface area is 163 Å². The third kappa shape index (κ3) is 3.27. The summed E-state index contributed by atoms with van der Waals surface area (Å²) >= 11 is 12.7. The SMILES string of the molecule is O=C(CN1CCCCC1)c1c(Cl)n(-c2ccc(Cl)cc2)c2ccccc12. The maximum Gasteiger partial charge on any atom is 0.180 e. The Balaban J connectivity index is 1.78. The van der Waals surface area contributed by atoms with E-state index in [0.29, 0.717) is 22.3 Å². The first-order chi connectivity index (χ1) is 12.6. The number of halogens is 2. The molecular weight excluding hydrogens is 367 g/mol. The monoisotopic (exact) mass is 386 g/mol. The number of ketones is 1. The molecule has 0 amide bonds. The molecule has 2 heterocycles. The van der Waals surface area contributed by atoms with E-state index in [0.717, 1.165) is 42.5 Å². The third-order valence-corrected chi connectivity index (χ3v) is 5.61. The van der Waals surface area contributed by atoms with Gasteiger partial charge in [0, 0.05) is 16.1 Å². The number of likely N-dealkylation sites (tertiary alicyclic amines) is 1. The third-order valence-electron chi connectivity index (χ3n) is 5.00. The molecule has 134 valence electrons. The summed E-state index contributed by atoms with van der Waals surface area (Å²) in [7, 11) is 0. The highest BCUT2D eigenvalue weighted by Gasteiger charge is 2.24. The summed E-state index contributed by atoms with van der Waals surface area (Å²) in [5.41, 5.74) is 2.44. The molecule has 0 saturated carbocycles. The normalized spacial score (nSPS) is 15.5. The van der Waals surface area contributed by atoms with Gasteiger partial charge in [-0.15, -0.1) is 0 Å². The van der Waals surface area contributed by atoms with Crippen molar-refractivity contribution < 1.29 is 4.79 Å². The number of fused-ring (bicyclic) bond motifs is 1. The molecule has 1 aliphatic heterocycles. The molecule has 4 rings (SSSR count). The molecule has 1 fully saturated rings. The van der Waals surface area contributed by atoms with E-state index in [4.69, 9.17) is 23.2 Å². The minimum atomic E-state index is 0.0841. The van der Waals surface area contributed by atoms with E-state index in [1.54, 1.807) is 0 Å². The standard InChI is InChI=1S/C21H20Cl2N2O/c22-15-8-10-16(11-9-15)25-18-7-3-2-6-17(18)20(21(25)23)19(26)14-24-12-4-1-5-13-24/h2-3,6-11H,1,4-5,12-14H2. The molecular formula is C21H20Cl2N2O. The molecule has 3 nitrogen and oxygen atoms in total. The van der Waals surface area contributed by atoms with Crippen LogP contribution in [0.2, 0.25) is 10.2 Å². The highest BCUT2D eigenvalue weighted by atomic mass is 35.5. The van der Waals surface area contributed by atoms with Gasteiger partial charge in [0.2, 0.25) is 0 Å². The van der Waals surface area contributed by atoms with Crippen LogP contribution in [0.25, 0.3) is 16.6 Å². The predicted octanol–water partition coefficient (Wildman–Crippen LogP) is 5.61. The van der Waals surface area contributed by atoms with Crippen molar-refractivity contribution in [2.24, 2.45) is 0 Å². The molecule has 1 aromatic heterocycles. The van der Waals surface area contributed by atoms with E-state index in [1.807, 2.05) is 53.1 Å². The van der Waals surface area contributed by atoms with E-state index < -0.39 is 0 Å². The molecule has 1 aliphatic rings. The first-order valence-electron chi connectivity index (χ1n) is 8.95. The summed E-state index contributed by atoms with van der Waals surface area (Å²) in [6, 6.07) is 15.4. The first kappa shape index (κ1) is 17.6. The van der Waals surface area contributed by atoms with Crippen molar-refractivity contribution in [3.63, 3.8) is 0 Å². The van der Waals surface area contributed by atoms with Crippen molar-refractivity contribution in [3.8, 4) is 5.69 Å². The maximum absolute atomic E-state index is 13.1. The Morgan fingerprint density at radius 1 is 0.923 bits per heavy atom. The lowest BCUT2D eigenvalue weighted by atomic mass is 10.1. The molecule has 0 atom stereocenters. The number of piperidine rings is 1. The van der Waals surface area contributed by atoms with Crippen molar-refractivity contribution in [2.45, 2.75) is 19.3 Å². The van der Waals surface area contributed by atoms with Gasteiger partial charge in [-0.3, -0.25) is 14.3 Å². The summed E-state index contributed by atoms with van der Waals surface area (Å²) < 4.78 is 1.93. The van der Waals surface area contributed by atoms with Crippen LogP contribution < -0.4 is 0 Å². The van der Waals surface area contributed by atoms with Crippen LogP contribution in [0.1, 0.15) is 29.6 Å². The number of carbonyl (C=O) groups excluding carboxylic acids is 1. The average molecular weight is 387 g/mol. The lowest BCUT2D eigenvalue weighted by Crippen LogP contribution is -2.34. The number of hydrogen-bond acceptors (Lipinski definition) is 2. The van der Waals surface area contributed by atoms with Gasteiger partial charge in [-0.25, -0.2) is 0 Å². The van der Waals surface area contributed by atoms with Gasteiger partial charge in [-0.1, -0.05) is 47.8 Å². The largest absolute Gasteiger partial charge is 0.300 e. The van der Waals surface area contributed by atoms with Gasteiger partial charge < -0.3 is 0 Å². The van der Waals surface area contributed by atoms with Crippen LogP contribution >= 0.6 is 23.2 Å². The number of para-hydroxylation sites is 1. The number of benzene rings is 2. The second-order valence-electron chi connectivity index (χ2n) is 6.75. The lowest BCUT2D eigenvalue weighted by molar-refractivity contribution is 0.0917. The molecule has 3 aromatic rings. The number of carbonyl (C=O) groups is 1. The van der Waals surface area contributed by atoms with Gasteiger partial charge in [0.05, 0.1) is 17.6 Å². The van der Waals surface area contributed by atoms with Gasteiger partial charge in [0.1, 0.15) is 5.15 Å². The zero-order valence-electron chi connectivity index (χ0n) is 14.4. The predicted molar refractivity (Wildman–Crippen MR) is 108 cm³/mol. The number of Topliss-reactive ketones (excluding diaryl/α,β-unsaturated/α-hetero) is 1. The maximum atomic E-state index is 13.1. The molecule has 0 unspecified atom stereocenters. The number of nitrogens with zero attached hydrogens (tertiary/aromatic N) is 2. The zero-order valence-corrected chi connectivity index (χ0v) is 15.9. The van der Waals surface area contributed by atoms with E-state index in [2.05, 4.69) is 4.90 Å². The molecule has 5 heteroatoms. The second kappa shape index (κ2) is 7.43. The van der Waals surface area contributed by atoms with Gasteiger partial charge in [0.15, 0.2) is 5.78 Å². The van der Waals surface area contributed by atoms with Crippen molar-refractivity contribution in [1.29, 1.82) is 0 Å². The lowest BCUT2D eigenvalue weighted by Gasteiger charge is -2.25. The van der Waals surface area contributed by atoms with Crippen LogP contribution in [-0.2, 0) is 0 Å². The number of aromatic nitrogens is 1. The van der Waals surface area contributed by atoms with Gasteiger partial charge in [-0.2, -0.15) is 0 Å². The molecule has 0 radical (unpaired) electrons. The van der Waals surface area contributed by atoms with E-state index in [1.165, 1.54) is 6.42 Å². The van der Waals surface area contributed by atoms with Crippen LogP contribution in [0.5, 0.6) is 0 Å². The second-order valence-corrected chi connectivity index (χ2v) is 7.55. The fourth-order valence-electron chi connectivity index (χ4n) is 3.72. The van der Waals surface area contributed by atoms with Crippen LogP contribution in [0.3, 0.4) is 0 Å². The number of rotatable bonds is 4. The Morgan fingerprint density at radius 2 is 1.62 bits per heavy atom. The fourth-order valence-corrected chi connectivity index (χ4v) is 4.24. The van der Waals surface area contributed by atoms with Crippen molar-refractivity contribution >= 4 is 39.9 Å². The molecule has 0 bridgehead atoms. The Morgan fingerprint density at radius 3 is 2.35 bits per heavy atom. The quantitative estimate of drug-likeness (QED) is 0.544. The topological polar surface area (TPSA) is 25.2 Å². The fraction of sp³-hybridized carbons (Fsp3) is 0.286. The van der Waals surface area contributed by atoms with E-state index >= 15 is 0 Å². The van der Waals surface area contributed by atoms with Gasteiger partial charge in [0.25, 0.3) is 0 Å². The molecule has 26 heavy (non-hydrogen) atoms. The highest BCUT2D eigenvalue weighted by molar-refractivity contribution is 6.36. The van der Waals surface area contributed by atoms with Crippen LogP contribution in [-0.4, -0.2) is 34.9 Å². The van der Waals surface area contributed by atoms with Crippen molar-refractivity contribution in [3.05, 3.63) is 64.3 Å². The van der Waals surface area contributed by atoms with E-state index in [9.17, 15) is 4.79 Å². The Bertz CT molecular complexity index is 941. The van der Waals surface area contributed by atoms with Crippen LogP contribution in [0, 0.1) is 0 Å². The molecule has 1 saturated heterocycles. The first-order valence-corrected chi connectivity index (χ1v) is 9.71. The molecule has 0 N–H and O–H groups in total. The minimum absolute atomic E-state index is 0.0841. The summed E-state index contributed by atoms with van der Waals surface area (Å²) in [6.45, 7) is 2.40. The minimum Gasteiger partial charge on any atom is -0.300 e. The Kier molecular flexibility index (Phi) is 5.03. The van der Waals surface area contributed by atoms with Crippen LogP contribution in [0.15, 0.2) is 48.5 Å². The summed E-state index contributed by atoms with van der Waals surface area (Å²) in [5.74, 6) is 0.0841. The van der Waals surface area contributed by atoms with Gasteiger partial charge in [-0.05, 0) is 56.3 Å². The van der Waals surface area contributed by atoms with Gasteiger partial charge >= 0.3 is 0 Å². The average Bonchev–Trinajstić information content (AvgIpc) is 2.95.